The molecule has 0 spiro atoms. The van der Waals surface area contributed by atoms with Gasteiger partial charge in [0.15, 0.2) is 0 Å². The number of aromatic nitrogens is 2. The van der Waals surface area contributed by atoms with E-state index >= 15 is 0 Å². The average Bonchev–Trinajstić information content (AvgIpc) is 2.92. The topological polar surface area (TPSA) is 93.9 Å². The van der Waals surface area contributed by atoms with E-state index < -0.39 is 0 Å². The standard InChI is InChI=1S/C28H40N5OPS/c1-3-20-13-22-15-28(14-20,10-9-24(22)35-12-6-11-34)19-32-26-23(16-29)18-31-27(33-26)30-17-21-7-4-5-8-25(21)36-2/h4-5,7-8,18,20,22,24,34-35H,3,6,9-15,17,19H2,1-2H3,(H2,30,31,32,33). The molecule has 2 saturated carbocycles. The number of thioether (sulfide) groups is 1. The predicted molar refractivity (Wildman–Crippen MR) is 152 cm³/mol. The van der Waals surface area contributed by atoms with E-state index in [1.807, 2.05) is 6.07 Å². The van der Waals surface area contributed by atoms with Crippen molar-refractivity contribution in [1.29, 1.82) is 5.26 Å². The Labute approximate surface area is 222 Å². The van der Waals surface area contributed by atoms with Crippen LogP contribution in [0, 0.1) is 28.6 Å². The smallest absolute Gasteiger partial charge is 0.224 e. The Balaban J connectivity index is 1.43. The highest BCUT2D eigenvalue weighted by molar-refractivity contribution is 7.98. The van der Waals surface area contributed by atoms with Gasteiger partial charge in [-0.15, -0.1) is 20.3 Å². The monoisotopic (exact) mass is 525 g/mol. The molecule has 36 heavy (non-hydrogen) atoms. The molecule has 4 rings (SSSR count). The summed E-state index contributed by atoms with van der Waals surface area (Å²) in [5.41, 5.74) is 2.82. The molecular weight excluding hydrogens is 485 g/mol. The van der Waals surface area contributed by atoms with Crippen LogP contribution in [0.1, 0.15) is 63.0 Å². The molecule has 2 aliphatic carbocycles. The van der Waals surface area contributed by atoms with Gasteiger partial charge in [0.25, 0.3) is 0 Å². The van der Waals surface area contributed by atoms with E-state index in [4.69, 9.17) is 4.98 Å². The minimum atomic E-state index is 0.282. The summed E-state index contributed by atoms with van der Waals surface area (Å²) in [4.78, 5) is 10.4. The maximum atomic E-state index is 9.70. The maximum Gasteiger partial charge on any atom is 0.224 e. The molecule has 3 N–H and O–H groups in total. The zero-order valence-corrected chi connectivity index (χ0v) is 23.4. The number of benzene rings is 1. The number of aliphatic hydroxyl groups excluding tert-OH is 1. The van der Waals surface area contributed by atoms with Crippen molar-refractivity contribution in [2.24, 2.45) is 17.3 Å². The summed E-state index contributed by atoms with van der Waals surface area (Å²) >= 11 is 1.73. The van der Waals surface area contributed by atoms with Crippen LogP contribution < -0.4 is 10.6 Å². The van der Waals surface area contributed by atoms with Crippen molar-refractivity contribution in [3.05, 3.63) is 41.6 Å². The van der Waals surface area contributed by atoms with E-state index in [2.05, 4.69) is 53.1 Å². The number of rotatable bonds is 12. The highest BCUT2D eigenvalue weighted by Gasteiger charge is 2.46. The van der Waals surface area contributed by atoms with Crippen molar-refractivity contribution in [2.75, 3.05) is 36.2 Å². The molecule has 2 bridgehead atoms. The van der Waals surface area contributed by atoms with Crippen molar-refractivity contribution < 1.29 is 5.11 Å². The number of nitrogens with one attached hydrogen (secondary N) is 2. The second-order valence-corrected chi connectivity index (χ2v) is 12.9. The maximum absolute atomic E-state index is 9.70. The Kier molecular flexibility index (Phi) is 9.87. The molecule has 5 unspecified atom stereocenters. The molecule has 2 aromatic rings. The Hall–Kier alpha value is -1.87. The number of aliphatic hydroxyl groups is 1. The Morgan fingerprint density at radius 3 is 2.92 bits per heavy atom. The largest absolute Gasteiger partial charge is 0.396 e. The molecular formula is C28H40N5OPS. The van der Waals surface area contributed by atoms with Gasteiger partial charge in [-0.2, -0.15) is 10.2 Å². The third-order valence-corrected chi connectivity index (χ3v) is 10.9. The molecule has 194 valence electrons. The number of anilines is 2. The number of hydrogen-bond acceptors (Lipinski definition) is 7. The second-order valence-electron chi connectivity index (χ2n) is 10.4. The molecule has 1 aromatic carbocycles. The van der Waals surface area contributed by atoms with Gasteiger partial charge in [-0.25, -0.2) is 4.98 Å². The summed E-state index contributed by atoms with van der Waals surface area (Å²) in [5, 5.41) is 25.9. The fourth-order valence-corrected chi connectivity index (χ4v) is 8.50. The van der Waals surface area contributed by atoms with Crippen LogP contribution in [0.4, 0.5) is 11.8 Å². The first kappa shape index (κ1) is 27.2. The van der Waals surface area contributed by atoms with Crippen LogP contribution in [-0.2, 0) is 6.54 Å². The summed E-state index contributed by atoms with van der Waals surface area (Å²) in [5.74, 6) is 2.77. The first-order valence-corrected chi connectivity index (χ1v) is 15.8. The number of hydrogen-bond donors (Lipinski definition) is 3. The molecule has 2 aliphatic rings. The highest BCUT2D eigenvalue weighted by Crippen LogP contribution is 2.55. The first-order chi connectivity index (χ1) is 17.6. The molecule has 0 aliphatic heterocycles. The van der Waals surface area contributed by atoms with Gasteiger partial charge >= 0.3 is 0 Å². The fourth-order valence-electron chi connectivity index (χ4n) is 6.21. The van der Waals surface area contributed by atoms with Crippen LogP contribution in [0.15, 0.2) is 35.4 Å². The highest BCUT2D eigenvalue weighted by atomic mass is 32.2. The van der Waals surface area contributed by atoms with E-state index in [-0.39, 0.29) is 5.41 Å². The van der Waals surface area contributed by atoms with Gasteiger partial charge in [-0.1, -0.05) is 31.5 Å². The Bertz CT molecular complexity index is 1050. The van der Waals surface area contributed by atoms with Gasteiger partial charge in [0.2, 0.25) is 5.95 Å². The normalized spacial score (nSPS) is 25.6. The van der Waals surface area contributed by atoms with Crippen LogP contribution in [0.5, 0.6) is 0 Å². The van der Waals surface area contributed by atoms with Crippen LogP contribution in [0.3, 0.4) is 0 Å². The lowest BCUT2D eigenvalue weighted by Gasteiger charge is -2.52. The molecule has 0 amide bonds. The number of nitriles is 1. The summed E-state index contributed by atoms with van der Waals surface area (Å²) in [6.07, 6.45) is 13.5. The van der Waals surface area contributed by atoms with Crippen molar-refractivity contribution in [3.63, 3.8) is 0 Å². The number of nitrogens with zero attached hydrogens (tertiary/aromatic N) is 3. The molecule has 0 radical (unpaired) electrons. The molecule has 1 heterocycles. The van der Waals surface area contributed by atoms with Crippen LogP contribution >= 0.6 is 20.3 Å². The third kappa shape index (κ3) is 6.71. The summed E-state index contributed by atoms with van der Waals surface area (Å²) in [7, 11) is 0.980. The van der Waals surface area contributed by atoms with E-state index in [0.717, 1.165) is 39.0 Å². The zero-order valence-electron chi connectivity index (χ0n) is 21.6. The van der Waals surface area contributed by atoms with E-state index in [1.165, 1.54) is 55.1 Å². The molecule has 2 fully saturated rings. The predicted octanol–water partition coefficient (Wildman–Crippen LogP) is 6.13. The summed E-state index contributed by atoms with van der Waals surface area (Å²) < 4.78 is 0. The second kappa shape index (κ2) is 13.1. The Morgan fingerprint density at radius 1 is 1.28 bits per heavy atom. The van der Waals surface area contributed by atoms with Crippen molar-refractivity contribution in [2.45, 2.75) is 69.0 Å². The zero-order chi connectivity index (χ0) is 25.4. The Morgan fingerprint density at radius 2 is 2.14 bits per heavy atom. The van der Waals surface area contributed by atoms with Gasteiger partial charge in [0.1, 0.15) is 17.5 Å². The van der Waals surface area contributed by atoms with Gasteiger partial charge in [-0.05, 0) is 85.5 Å². The van der Waals surface area contributed by atoms with Gasteiger partial charge < -0.3 is 15.7 Å². The summed E-state index contributed by atoms with van der Waals surface area (Å²) in [6, 6.07) is 10.6. The van der Waals surface area contributed by atoms with Crippen molar-refractivity contribution in [1.82, 2.24) is 9.97 Å². The van der Waals surface area contributed by atoms with E-state index in [9.17, 15) is 10.4 Å². The average molecular weight is 526 g/mol. The molecule has 0 saturated heterocycles. The van der Waals surface area contributed by atoms with Crippen molar-refractivity contribution >= 4 is 32.1 Å². The minimum absolute atomic E-state index is 0.282. The molecule has 1 aromatic heterocycles. The van der Waals surface area contributed by atoms with E-state index in [1.54, 1.807) is 18.0 Å². The fraction of sp³-hybridized carbons (Fsp3) is 0.607. The lowest BCUT2D eigenvalue weighted by atomic mass is 9.58. The first-order valence-electron chi connectivity index (χ1n) is 13.3. The van der Waals surface area contributed by atoms with Gasteiger partial charge in [0.05, 0.1) is 6.20 Å². The SMILES string of the molecule is CCC1CC2CC(CNc3nc(NCc4ccccc4SC)ncc3C#N)(CCC2PCCCO)C1. The quantitative estimate of drug-likeness (QED) is 0.174. The van der Waals surface area contributed by atoms with Crippen molar-refractivity contribution in [3.8, 4) is 6.07 Å². The molecule has 5 atom stereocenters. The van der Waals surface area contributed by atoms with Crippen LogP contribution in [-0.4, -0.2) is 46.3 Å². The molecule has 8 heteroatoms. The molecule has 6 nitrogen and oxygen atoms in total. The van der Waals surface area contributed by atoms with Crippen LogP contribution in [0.25, 0.3) is 0 Å². The lowest BCUT2D eigenvalue weighted by Crippen LogP contribution is -2.45. The van der Waals surface area contributed by atoms with Crippen LogP contribution in [0.2, 0.25) is 0 Å². The van der Waals surface area contributed by atoms with E-state index in [0.29, 0.717) is 30.5 Å². The minimum Gasteiger partial charge on any atom is -0.396 e. The third-order valence-electron chi connectivity index (χ3n) is 8.10. The lowest BCUT2D eigenvalue weighted by molar-refractivity contribution is 0.0524. The van der Waals surface area contributed by atoms with Gasteiger partial charge in [0, 0.05) is 24.6 Å². The van der Waals surface area contributed by atoms with Gasteiger partial charge in [-0.3, -0.25) is 0 Å². The summed E-state index contributed by atoms with van der Waals surface area (Å²) in [6.45, 7) is 4.16. The number of fused-ring (bicyclic) bond motifs is 2.